The number of rotatable bonds is 13. The Hall–Kier alpha value is -3.56. The number of ether oxygens (including phenoxy) is 1. The topological polar surface area (TPSA) is 96.0 Å². The second kappa shape index (κ2) is 14.8. The van der Waals surface area contributed by atoms with Gasteiger partial charge in [0.25, 0.3) is 10.0 Å². The zero-order valence-electron chi connectivity index (χ0n) is 25.0. The van der Waals surface area contributed by atoms with Crippen molar-refractivity contribution in [2.24, 2.45) is 0 Å². The summed E-state index contributed by atoms with van der Waals surface area (Å²) in [5, 5.41) is 3.53. The van der Waals surface area contributed by atoms with Crippen LogP contribution in [0.25, 0.3) is 0 Å². The van der Waals surface area contributed by atoms with E-state index >= 15 is 0 Å². The van der Waals surface area contributed by atoms with Crippen LogP contribution in [0.4, 0.5) is 5.69 Å². The summed E-state index contributed by atoms with van der Waals surface area (Å²) in [6.45, 7) is 5.55. The molecule has 1 fully saturated rings. The molecule has 0 radical (unpaired) electrons. The molecule has 0 aromatic heterocycles. The van der Waals surface area contributed by atoms with E-state index in [-0.39, 0.29) is 29.1 Å². The average molecular weight is 626 g/mol. The van der Waals surface area contributed by atoms with Crippen molar-refractivity contribution in [2.45, 2.75) is 76.4 Å². The van der Waals surface area contributed by atoms with E-state index in [9.17, 15) is 18.0 Å². The van der Waals surface area contributed by atoms with Gasteiger partial charge in [-0.2, -0.15) is 0 Å². The van der Waals surface area contributed by atoms with Gasteiger partial charge in [-0.05, 0) is 75.1 Å². The van der Waals surface area contributed by atoms with Gasteiger partial charge in [-0.25, -0.2) is 8.42 Å². The molecule has 1 atom stereocenters. The second-order valence-corrected chi connectivity index (χ2v) is 13.1. The van der Waals surface area contributed by atoms with E-state index in [0.29, 0.717) is 23.8 Å². The Bertz CT molecular complexity index is 1510. The highest BCUT2D eigenvalue weighted by atomic mass is 35.5. The number of halogens is 1. The Morgan fingerprint density at radius 3 is 2.35 bits per heavy atom. The summed E-state index contributed by atoms with van der Waals surface area (Å²) in [7, 11) is -4.24. The number of sulfonamides is 1. The van der Waals surface area contributed by atoms with Gasteiger partial charge in [0.2, 0.25) is 11.8 Å². The fourth-order valence-electron chi connectivity index (χ4n) is 5.48. The Kier molecular flexibility index (Phi) is 11.1. The van der Waals surface area contributed by atoms with Crippen molar-refractivity contribution in [1.29, 1.82) is 0 Å². The summed E-state index contributed by atoms with van der Waals surface area (Å²) in [5.41, 5.74) is 2.10. The number of hydrogen-bond acceptors (Lipinski definition) is 5. The van der Waals surface area contributed by atoms with Crippen molar-refractivity contribution in [1.82, 2.24) is 10.2 Å². The van der Waals surface area contributed by atoms with Crippen LogP contribution in [0.3, 0.4) is 0 Å². The Balaban J connectivity index is 1.75. The molecule has 0 aliphatic heterocycles. The number of nitrogens with zero attached hydrogens (tertiary/aromatic N) is 2. The predicted octanol–water partition coefficient (Wildman–Crippen LogP) is 6.11. The maximum atomic E-state index is 14.3. The molecule has 4 rings (SSSR count). The third-order valence-electron chi connectivity index (χ3n) is 7.64. The largest absolute Gasteiger partial charge is 0.492 e. The van der Waals surface area contributed by atoms with Gasteiger partial charge in [-0.3, -0.25) is 13.9 Å². The molecule has 0 spiro atoms. The molecule has 230 valence electrons. The fraction of sp³-hybridized carbons (Fsp3) is 0.394. The quantitative estimate of drug-likeness (QED) is 0.247. The molecule has 0 saturated heterocycles. The van der Waals surface area contributed by atoms with Crippen LogP contribution in [0.15, 0.2) is 77.7 Å². The van der Waals surface area contributed by atoms with Gasteiger partial charge >= 0.3 is 0 Å². The van der Waals surface area contributed by atoms with Crippen molar-refractivity contribution in [3.63, 3.8) is 0 Å². The van der Waals surface area contributed by atoms with Crippen LogP contribution in [0, 0.1) is 6.92 Å². The average Bonchev–Trinajstić information content (AvgIpc) is 3.49. The number of nitrogens with one attached hydrogen (secondary N) is 1. The summed E-state index contributed by atoms with van der Waals surface area (Å²) in [5.74, 6) is -0.400. The first-order chi connectivity index (χ1) is 20.6. The number of anilines is 1. The highest BCUT2D eigenvalue weighted by Gasteiger charge is 2.35. The molecule has 0 bridgehead atoms. The van der Waals surface area contributed by atoms with Crippen LogP contribution in [0.2, 0.25) is 5.02 Å². The third-order valence-corrected chi connectivity index (χ3v) is 9.66. The van der Waals surface area contributed by atoms with Gasteiger partial charge in [0.1, 0.15) is 18.3 Å². The number of carbonyl (C=O) groups is 2. The minimum atomic E-state index is -4.24. The summed E-state index contributed by atoms with van der Waals surface area (Å²) in [4.78, 5) is 29.4. The zero-order valence-corrected chi connectivity index (χ0v) is 26.5. The molecule has 10 heteroatoms. The molecule has 3 aromatic rings. The summed E-state index contributed by atoms with van der Waals surface area (Å²) in [6, 6.07) is 19.6. The molecule has 8 nitrogen and oxygen atoms in total. The lowest BCUT2D eigenvalue weighted by Crippen LogP contribution is -2.53. The normalized spacial score (nSPS) is 14.2. The number of aryl methyl sites for hydroxylation is 1. The lowest BCUT2D eigenvalue weighted by molar-refractivity contribution is -0.140. The maximum Gasteiger partial charge on any atom is 0.264 e. The number of hydrogen-bond donors (Lipinski definition) is 1. The first-order valence-electron chi connectivity index (χ1n) is 14.8. The van der Waals surface area contributed by atoms with Crippen molar-refractivity contribution in [3.05, 3.63) is 88.9 Å². The van der Waals surface area contributed by atoms with Gasteiger partial charge in [0, 0.05) is 17.6 Å². The highest BCUT2D eigenvalue weighted by molar-refractivity contribution is 7.92. The molecule has 0 unspecified atom stereocenters. The molecule has 1 aliphatic carbocycles. The van der Waals surface area contributed by atoms with Gasteiger partial charge in [-0.15, -0.1) is 0 Å². The standard InChI is InChI=1S/C33H40ClN3O5S/c1-4-29(33(39)35-27-13-6-7-14-27)36(22-25-12-10-11-24(3)21-25)32(38)23-37(30-15-8-9-16-31(30)42-5-2)43(40,41)28-19-17-26(34)18-20-28/h8-12,15-21,27,29H,4-7,13-14,22-23H2,1-3H3,(H,35,39)/t29-/m1/s1. The number of para-hydroxylation sites is 2. The van der Waals surface area contributed by atoms with E-state index in [1.54, 1.807) is 31.2 Å². The van der Waals surface area contributed by atoms with Gasteiger partial charge in [-0.1, -0.05) is 73.3 Å². The van der Waals surface area contributed by atoms with Crippen LogP contribution >= 0.6 is 11.6 Å². The summed E-state index contributed by atoms with van der Waals surface area (Å²) < 4.78 is 35.1. The van der Waals surface area contributed by atoms with Crippen LogP contribution in [0.5, 0.6) is 5.75 Å². The third kappa shape index (κ3) is 8.09. The second-order valence-electron chi connectivity index (χ2n) is 10.8. The molecule has 0 heterocycles. The van der Waals surface area contributed by atoms with Crippen LogP contribution < -0.4 is 14.4 Å². The smallest absolute Gasteiger partial charge is 0.264 e. The fourth-order valence-corrected chi connectivity index (χ4v) is 7.03. The Morgan fingerprint density at radius 1 is 1.00 bits per heavy atom. The molecule has 2 amide bonds. The van der Waals surface area contributed by atoms with Crippen molar-refractivity contribution >= 4 is 39.1 Å². The van der Waals surface area contributed by atoms with Gasteiger partial charge in [0.05, 0.1) is 17.2 Å². The van der Waals surface area contributed by atoms with Gasteiger partial charge < -0.3 is 15.0 Å². The van der Waals surface area contributed by atoms with Crippen LogP contribution in [-0.2, 0) is 26.2 Å². The molecule has 1 aliphatic rings. The molecule has 43 heavy (non-hydrogen) atoms. The summed E-state index contributed by atoms with van der Waals surface area (Å²) >= 11 is 6.05. The van der Waals surface area contributed by atoms with Crippen molar-refractivity contribution in [2.75, 3.05) is 17.5 Å². The molecule has 1 saturated carbocycles. The number of carbonyl (C=O) groups excluding carboxylic acids is 2. The first-order valence-corrected chi connectivity index (χ1v) is 16.6. The van der Waals surface area contributed by atoms with Crippen molar-refractivity contribution in [3.8, 4) is 5.75 Å². The summed E-state index contributed by atoms with van der Waals surface area (Å²) in [6.07, 6.45) is 4.31. The maximum absolute atomic E-state index is 14.3. The number of amides is 2. The predicted molar refractivity (Wildman–Crippen MR) is 170 cm³/mol. The van der Waals surface area contributed by atoms with Crippen LogP contribution in [0.1, 0.15) is 57.1 Å². The van der Waals surface area contributed by atoms with E-state index in [0.717, 1.165) is 41.1 Å². The van der Waals surface area contributed by atoms with E-state index in [1.165, 1.54) is 29.2 Å². The molecular weight excluding hydrogens is 586 g/mol. The lowest BCUT2D eigenvalue weighted by Gasteiger charge is -2.34. The zero-order chi connectivity index (χ0) is 31.0. The Morgan fingerprint density at radius 2 is 1.70 bits per heavy atom. The van der Waals surface area contributed by atoms with Crippen molar-refractivity contribution < 1.29 is 22.7 Å². The van der Waals surface area contributed by atoms with E-state index in [2.05, 4.69) is 5.32 Å². The van der Waals surface area contributed by atoms with Gasteiger partial charge in [0.15, 0.2) is 0 Å². The highest BCUT2D eigenvalue weighted by Crippen LogP contribution is 2.33. The SMILES string of the molecule is CCOc1ccccc1N(CC(=O)N(Cc1cccc(C)c1)[C@H](CC)C(=O)NC1CCCC1)S(=O)(=O)c1ccc(Cl)cc1. The molecule has 1 N–H and O–H groups in total. The molecule has 3 aromatic carbocycles. The lowest BCUT2D eigenvalue weighted by atomic mass is 10.1. The Labute approximate surface area is 260 Å². The first kappa shape index (κ1) is 32.4. The number of benzene rings is 3. The molecular formula is C33H40ClN3O5S. The van der Waals surface area contributed by atoms with E-state index in [4.69, 9.17) is 16.3 Å². The van der Waals surface area contributed by atoms with Crippen LogP contribution in [-0.4, -0.2) is 50.4 Å². The monoisotopic (exact) mass is 625 g/mol. The van der Waals surface area contributed by atoms with E-state index < -0.39 is 28.5 Å². The van der Waals surface area contributed by atoms with E-state index in [1.807, 2.05) is 38.1 Å². The minimum Gasteiger partial charge on any atom is -0.492 e. The minimum absolute atomic E-state index is 0.0211.